The van der Waals surface area contributed by atoms with Crippen LogP contribution in [0, 0.1) is 0 Å². The highest BCUT2D eigenvalue weighted by atomic mass is 79.9. The van der Waals surface area contributed by atoms with Crippen LogP contribution in [0.3, 0.4) is 0 Å². The zero-order valence-electron chi connectivity index (χ0n) is 6.70. The van der Waals surface area contributed by atoms with Crippen molar-refractivity contribution in [2.75, 3.05) is 11.9 Å². The summed E-state index contributed by atoms with van der Waals surface area (Å²) < 4.78 is 35.9. The van der Waals surface area contributed by atoms with Crippen LogP contribution in [0.15, 0.2) is 16.7 Å². The van der Waals surface area contributed by atoms with Gasteiger partial charge in [-0.2, -0.15) is 13.2 Å². The molecule has 14 heavy (non-hydrogen) atoms. The largest absolute Gasteiger partial charge is 0.405 e. The van der Waals surface area contributed by atoms with Crippen LogP contribution in [0.2, 0.25) is 5.02 Å². The smallest absolute Gasteiger partial charge is 0.360 e. The quantitative estimate of drug-likeness (QED) is 0.902. The maximum atomic E-state index is 11.8. The van der Waals surface area contributed by atoms with Gasteiger partial charge in [-0.15, -0.1) is 0 Å². The summed E-state index contributed by atoms with van der Waals surface area (Å²) in [5.74, 6) is 0.117. The molecule has 1 aromatic rings. The maximum Gasteiger partial charge on any atom is 0.405 e. The molecule has 0 atom stereocenters. The summed E-state index contributed by atoms with van der Waals surface area (Å²) in [5.41, 5.74) is 0. The Hall–Kier alpha value is -0.490. The number of halogens is 5. The van der Waals surface area contributed by atoms with Gasteiger partial charge in [-0.05, 0) is 22.0 Å². The van der Waals surface area contributed by atoms with Crippen molar-refractivity contribution in [2.24, 2.45) is 0 Å². The first-order valence-corrected chi connectivity index (χ1v) is 4.67. The summed E-state index contributed by atoms with van der Waals surface area (Å²) in [7, 11) is 0. The van der Waals surface area contributed by atoms with Crippen LogP contribution in [0.25, 0.3) is 0 Å². The lowest BCUT2D eigenvalue weighted by Crippen LogP contribution is -2.21. The monoisotopic (exact) mass is 288 g/mol. The molecular weight excluding hydrogens is 284 g/mol. The molecule has 0 aromatic carbocycles. The van der Waals surface area contributed by atoms with Gasteiger partial charge in [-0.1, -0.05) is 11.6 Å². The van der Waals surface area contributed by atoms with Gasteiger partial charge in [0.05, 0.1) is 9.50 Å². The molecule has 0 amide bonds. The second kappa shape index (κ2) is 4.35. The zero-order valence-corrected chi connectivity index (χ0v) is 9.04. The van der Waals surface area contributed by atoms with Crippen molar-refractivity contribution in [3.63, 3.8) is 0 Å². The first kappa shape index (κ1) is 11.6. The number of pyridine rings is 1. The fourth-order valence-corrected chi connectivity index (χ4v) is 1.51. The van der Waals surface area contributed by atoms with Gasteiger partial charge in [0.1, 0.15) is 12.4 Å². The molecule has 0 saturated heterocycles. The van der Waals surface area contributed by atoms with E-state index >= 15 is 0 Å². The molecule has 0 unspecified atom stereocenters. The minimum atomic E-state index is -4.26. The topological polar surface area (TPSA) is 24.9 Å². The fourth-order valence-electron chi connectivity index (χ4n) is 0.729. The van der Waals surface area contributed by atoms with Crippen molar-refractivity contribution in [3.05, 3.63) is 21.8 Å². The number of aromatic nitrogens is 1. The van der Waals surface area contributed by atoms with Gasteiger partial charge in [0.15, 0.2) is 0 Å². The van der Waals surface area contributed by atoms with Gasteiger partial charge in [0.2, 0.25) is 0 Å². The van der Waals surface area contributed by atoms with E-state index in [9.17, 15) is 13.2 Å². The minimum absolute atomic E-state index is 0.117. The Balaban J connectivity index is 2.68. The fraction of sp³-hybridized carbons (Fsp3) is 0.286. The van der Waals surface area contributed by atoms with Gasteiger partial charge in [-0.25, -0.2) is 4.98 Å². The highest BCUT2D eigenvalue weighted by Gasteiger charge is 2.27. The van der Waals surface area contributed by atoms with E-state index < -0.39 is 12.7 Å². The van der Waals surface area contributed by atoms with Crippen molar-refractivity contribution < 1.29 is 13.2 Å². The predicted molar refractivity (Wildman–Crippen MR) is 51.5 cm³/mol. The van der Waals surface area contributed by atoms with E-state index in [1.807, 2.05) is 0 Å². The van der Waals surface area contributed by atoms with Gasteiger partial charge in [-0.3, -0.25) is 0 Å². The van der Waals surface area contributed by atoms with Crippen LogP contribution in [0.5, 0.6) is 0 Å². The summed E-state index contributed by atoms with van der Waals surface area (Å²) in [6, 6.07) is 1.47. The summed E-state index contributed by atoms with van der Waals surface area (Å²) in [5, 5.41) is 2.49. The molecule has 0 saturated carbocycles. The number of alkyl halides is 3. The van der Waals surface area contributed by atoms with Gasteiger partial charge >= 0.3 is 6.18 Å². The molecule has 0 radical (unpaired) electrons. The second-order valence-electron chi connectivity index (χ2n) is 2.45. The number of anilines is 1. The molecule has 0 aliphatic carbocycles. The van der Waals surface area contributed by atoms with E-state index in [0.29, 0.717) is 9.50 Å². The van der Waals surface area contributed by atoms with Crippen LogP contribution in [-0.2, 0) is 0 Å². The van der Waals surface area contributed by atoms with Crippen molar-refractivity contribution in [3.8, 4) is 0 Å². The average Bonchev–Trinajstić information content (AvgIpc) is 2.00. The number of nitrogens with one attached hydrogen (secondary N) is 1. The molecule has 0 spiro atoms. The first-order valence-electron chi connectivity index (χ1n) is 3.50. The summed E-state index contributed by atoms with van der Waals surface area (Å²) >= 11 is 8.60. The Morgan fingerprint density at radius 2 is 2.14 bits per heavy atom. The molecule has 1 rings (SSSR count). The van der Waals surface area contributed by atoms with Crippen molar-refractivity contribution >= 4 is 33.3 Å². The van der Waals surface area contributed by atoms with Crippen LogP contribution >= 0.6 is 27.5 Å². The van der Waals surface area contributed by atoms with Gasteiger partial charge < -0.3 is 5.32 Å². The van der Waals surface area contributed by atoms with E-state index in [2.05, 4.69) is 26.2 Å². The number of hydrogen-bond donors (Lipinski definition) is 1. The van der Waals surface area contributed by atoms with Gasteiger partial charge in [0, 0.05) is 6.20 Å². The average molecular weight is 289 g/mol. The van der Waals surface area contributed by atoms with E-state index in [1.54, 1.807) is 0 Å². The summed E-state index contributed by atoms with van der Waals surface area (Å²) in [6.07, 6.45) is -2.99. The van der Waals surface area contributed by atoms with E-state index in [-0.39, 0.29) is 5.82 Å². The molecule has 2 nitrogen and oxygen atoms in total. The molecule has 7 heteroatoms. The Bertz CT molecular complexity index is 329. The lowest BCUT2D eigenvalue weighted by Gasteiger charge is -2.09. The number of hydrogen-bond acceptors (Lipinski definition) is 2. The van der Waals surface area contributed by atoms with Gasteiger partial charge in [0.25, 0.3) is 0 Å². The molecule has 0 aliphatic rings. The predicted octanol–water partition coefficient (Wildman–Crippen LogP) is 3.47. The Morgan fingerprint density at radius 1 is 1.50 bits per heavy atom. The summed E-state index contributed by atoms with van der Waals surface area (Å²) in [6.45, 7) is -1.12. The van der Waals surface area contributed by atoms with Crippen molar-refractivity contribution in [1.82, 2.24) is 4.98 Å². The lowest BCUT2D eigenvalue weighted by molar-refractivity contribution is -0.115. The number of rotatable bonds is 2. The van der Waals surface area contributed by atoms with Crippen LogP contribution in [-0.4, -0.2) is 17.7 Å². The minimum Gasteiger partial charge on any atom is -0.360 e. The van der Waals surface area contributed by atoms with E-state index in [0.717, 1.165) is 0 Å². The number of nitrogens with zero attached hydrogens (tertiary/aromatic N) is 1. The third kappa shape index (κ3) is 3.71. The Kier molecular flexibility index (Phi) is 3.60. The highest BCUT2D eigenvalue weighted by Crippen LogP contribution is 2.24. The Labute approximate surface area is 91.6 Å². The van der Waals surface area contributed by atoms with E-state index in [1.165, 1.54) is 12.3 Å². The van der Waals surface area contributed by atoms with Crippen LogP contribution in [0.4, 0.5) is 19.0 Å². The van der Waals surface area contributed by atoms with Crippen LogP contribution in [0.1, 0.15) is 0 Å². The lowest BCUT2D eigenvalue weighted by atomic mass is 10.4. The standard InChI is InChI=1S/C7H5BrClF3N2/c8-5-1-4(9)2-13-6(5)14-3-7(10,11)12/h1-2H,3H2,(H,13,14). The molecular formula is C7H5BrClF3N2. The van der Waals surface area contributed by atoms with E-state index in [4.69, 9.17) is 11.6 Å². The second-order valence-corrected chi connectivity index (χ2v) is 3.74. The zero-order chi connectivity index (χ0) is 10.8. The van der Waals surface area contributed by atoms with Crippen molar-refractivity contribution in [2.45, 2.75) is 6.18 Å². The summed E-state index contributed by atoms with van der Waals surface area (Å²) in [4.78, 5) is 3.69. The van der Waals surface area contributed by atoms with Crippen LogP contribution < -0.4 is 5.32 Å². The molecule has 78 valence electrons. The highest BCUT2D eigenvalue weighted by molar-refractivity contribution is 9.10. The molecule has 0 fully saturated rings. The molecule has 0 aliphatic heterocycles. The molecule has 1 aromatic heterocycles. The third-order valence-corrected chi connectivity index (χ3v) is 2.08. The normalized spacial score (nSPS) is 11.5. The third-order valence-electron chi connectivity index (χ3n) is 1.26. The molecule has 0 bridgehead atoms. The SMILES string of the molecule is FC(F)(F)CNc1ncc(Cl)cc1Br. The molecule has 1 heterocycles. The maximum absolute atomic E-state index is 11.8. The molecule has 1 N–H and O–H groups in total. The Morgan fingerprint density at radius 3 is 2.64 bits per heavy atom. The van der Waals surface area contributed by atoms with Crippen molar-refractivity contribution in [1.29, 1.82) is 0 Å². The first-order chi connectivity index (χ1) is 6.38.